The van der Waals surface area contributed by atoms with Gasteiger partial charge in [0.15, 0.2) is 0 Å². The maximum Gasteiger partial charge on any atom is 0.239 e. The Morgan fingerprint density at radius 1 is 1.33 bits per heavy atom. The monoisotopic (exact) mass is 248 g/mol. The van der Waals surface area contributed by atoms with Gasteiger partial charge in [0.2, 0.25) is 5.91 Å². The number of carbonyl (C=O) groups excluding carboxylic acids is 1. The fraction of sp³-hybridized carbons (Fsp3) is 0.500. The van der Waals surface area contributed by atoms with Crippen LogP contribution in [0.2, 0.25) is 0 Å². The summed E-state index contributed by atoms with van der Waals surface area (Å²) in [5, 5.41) is 0. The molecule has 0 aromatic heterocycles. The fourth-order valence-corrected chi connectivity index (χ4v) is 2.24. The minimum absolute atomic E-state index is 0.0725. The lowest BCUT2D eigenvalue weighted by Gasteiger charge is -2.22. The van der Waals surface area contributed by atoms with Crippen molar-refractivity contribution in [3.63, 3.8) is 0 Å². The summed E-state index contributed by atoms with van der Waals surface area (Å²) >= 11 is 0. The van der Waals surface area contributed by atoms with Crippen molar-refractivity contribution in [2.75, 3.05) is 13.7 Å². The second kappa shape index (κ2) is 5.87. The number of likely N-dealkylation sites (tertiary alicyclic amines) is 1. The number of hydrogen-bond acceptors (Lipinski definition) is 3. The Hall–Kier alpha value is -1.55. The van der Waals surface area contributed by atoms with E-state index >= 15 is 0 Å². The van der Waals surface area contributed by atoms with Crippen LogP contribution >= 0.6 is 0 Å². The third-order valence-corrected chi connectivity index (χ3v) is 3.35. The van der Waals surface area contributed by atoms with E-state index in [0.29, 0.717) is 6.54 Å². The van der Waals surface area contributed by atoms with Crippen LogP contribution in [0.3, 0.4) is 0 Å². The predicted octanol–water partition coefficient (Wildman–Crippen LogP) is 1.53. The average Bonchev–Trinajstić information content (AvgIpc) is 2.55. The summed E-state index contributed by atoms with van der Waals surface area (Å²) in [6, 6.07) is 7.48. The van der Waals surface area contributed by atoms with Crippen LogP contribution in [0.4, 0.5) is 0 Å². The SMILES string of the molecule is COc1ccc(CN2CCCC[C@H](N)C2=O)cc1. The number of nitrogens with two attached hydrogens (primary N) is 1. The van der Waals surface area contributed by atoms with Gasteiger partial charge in [-0.1, -0.05) is 12.1 Å². The van der Waals surface area contributed by atoms with Crippen LogP contribution in [-0.2, 0) is 11.3 Å². The van der Waals surface area contributed by atoms with Gasteiger partial charge in [0.1, 0.15) is 5.75 Å². The summed E-state index contributed by atoms with van der Waals surface area (Å²) in [6.07, 6.45) is 2.87. The lowest BCUT2D eigenvalue weighted by atomic mass is 10.1. The Kier molecular flexibility index (Phi) is 4.20. The molecule has 0 saturated carbocycles. The summed E-state index contributed by atoms with van der Waals surface area (Å²) in [4.78, 5) is 13.9. The number of hydrogen-bond donors (Lipinski definition) is 1. The molecular weight excluding hydrogens is 228 g/mol. The van der Waals surface area contributed by atoms with Crippen LogP contribution in [0.25, 0.3) is 0 Å². The van der Waals surface area contributed by atoms with Crippen molar-refractivity contribution >= 4 is 5.91 Å². The molecule has 1 atom stereocenters. The summed E-state index contributed by atoms with van der Waals surface area (Å²) in [6.45, 7) is 1.44. The van der Waals surface area contributed by atoms with E-state index in [-0.39, 0.29) is 11.9 Å². The lowest BCUT2D eigenvalue weighted by molar-refractivity contribution is -0.132. The third kappa shape index (κ3) is 3.01. The van der Waals surface area contributed by atoms with Crippen molar-refractivity contribution < 1.29 is 9.53 Å². The molecule has 4 nitrogen and oxygen atoms in total. The van der Waals surface area contributed by atoms with E-state index in [0.717, 1.165) is 37.1 Å². The molecule has 1 saturated heterocycles. The number of rotatable bonds is 3. The van der Waals surface area contributed by atoms with Crippen molar-refractivity contribution in [2.24, 2.45) is 5.73 Å². The van der Waals surface area contributed by atoms with Crippen molar-refractivity contribution in [1.82, 2.24) is 4.90 Å². The zero-order valence-corrected chi connectivity index (χ0v) is 10.8. The molecule has 18 heavy (non-hydrogen) atoms. The summed E-state index contributed by atoms with van der Waals surface area (Å²) < 4.78 is 5.12. The highest BCUT2D eigenvalue weighted by molar-refractivity contribution is 5.81. The smallest absolute Gasteiger partial charge is 0.239 e. The molecule has 0 unspecified atom stereocenters. The number of carbonyl (C=O) groups is 1. The van der Waals surface area contributed by atoms with E-state index in [2.05, 4.69) is 0 Å². The number of benzene rings is 1. The molecule has 1 heterocycles. The van der Waals surface area contributed by atoms with E-state index in [1.807, 2.05) is 29.2 Å². The van der Waals surface area contributed by atoms with Gasteiger partial charge in [-0.2, -0.15) is 0 Å². The molecule has 4 heteroatoms. The van der Waals surface area contributed by atoms with Gasteiger partial charge in [0, 0.05) is 13.1 Å². The maximum absolute atomic E-state index is 12.0. The molecule has 0 aliphatic carbocycles. The molecular formula is C14H20N2O2. The summed E-state index contributed by atoms with van der Waals surface area (Å²) in [5.74, 6) is 0.904. The molecule has 1 fully saturated rings. The van der Waals surface area contributed by atoms with Crippen LogP contribution in [0, 0.1) is 0 Å². The number of amides is 1. The van der Waals surface area contributed by atoms with Crippen molar-refractivity contribution in [1.29, 1.82) is 0 Å². The molecule has 0 spiro atoms. The maximum atomic E-state index is 12.0. The second-order valence-corrected chi connectivity index (χ2v) is 4.71. The zero-order chi connectivity index (χ0) is 13.0. The van der Waals surface area contributed by atoms with Crippen LogP contribution in [-0.4, -0.2) is 30.5 Å². The first kappa shape index (κ1) is 12.9. The van der Waals surface area contributed by atoms with E-state index in [1.165, 1.54) is 0 Å². The fourth-order valence-electron chi connectivity index (χ4n) is 2.24. The van der Waals surface area contributed by atoms with E-state index in [4.69, 9.17) is 10.5 Å². The van der Waals surface area contributed by atoms with E-state index < -0.39 is 0 Å². The van der Waals surface area contributed by atoms with Gasteiger partial charge in [0.25, 0.3) is 0 Å². The number of methoxy groups -OCH3 is 1. The van der Waals surface area contributed by atoms with Gasteiger partial charge in [0.05, 0.1) is 13.2 Å². The average molecular weight is 248 g/mol. The number of nitrogens with zero attached hydrogens (tertiary/aromatic N) is 1. The highest BCUT2D eigenvalue weighted by Gasteiger charge is 2.23. The minimum atomic E-state index is -0.328. The quantitative estimate of drug-likeness (QED) is 0.882. The molecule has 1 aliphatic heterocycles. The molecule has 2 rings (SSSR count). The molecule has 1 aromatic rings. The van der Waals surface area contributed by atoms with Crippen molar-refractivity contribution in [3.8, 4) is 5.75 Å². The van der Waals surface area contributed by atoms with Crippen LogP contribution < -0.4 is 10.5 Å². The number of ether oxygens (including phenoxy) is 1. The van der Waals surface area contributed by atoms with Gasteiger partial charge in [-0.3, -0.25) is 4.79 Å². The predicted molar refractivity (Wildman–Crippen MR) is 70.2 cm³/mol. The van der Waals surface area contributed by atoms with Crippen molar-refractivity contribution in [3.05, 3.63) is 29.8 Å². The highest BCUT2D eigenvalue weighted by atomic mass is 16.5. The Morgan fingerprint density at radius 2 is 2.06 bits per heavy atom. The van der Waals surface area contributed by atoms with Gasteiger partial charge in [-0.25, -0.2) is 0 Å². The molecule has 98 valence electrons. The molecule has 0 radical (unpaired) electrons. The van der Waals surface area contributed by atoms with Crippen LogP contribution in [0.5, 0.6) is 5.75 Å². The molecule has 1 aromatic carbocycles. The Labute approximate surface area is 108 Å². The molecule has 1 aliphatic rings. The van der Waals surface area contributed by atoms with Crippen LogP contribution in [0.15, 0.2) is 24.3 Å². The molecule has 2 N–H and O–H groups in total. The lowest BCUT2D eigenvalue weighted by Crippen LogP contribution is -2.41. The largest absolute Gasteiger partial charge is 0.497 e. The molecule has 1 amide bonds. The first-order valence-corrected chi connectivity index (χ1v) is 6.38. The normalized spacial score (nSPS) is 20.7. The van der Waals surface area contributed by atoms with E-state index in [9.17, 15) is 4.79 Å². The van der Waals surface area contributed by atoms with Gasteiger partial charge in [-0.15, -0.1) is 0 Å². The molecule has 0 bridgehead atoms. The van der Waals surface area contributed by atoms with Gasteiger partial charge >= 0.3 is 0 Å². The highest BCUT2D eigenvalue weighted by Crippen LogP contribution is 2.16. The summed E-state index contributed by atoms with van der Waals surface area (Å²) in [7, 11) is 1.65. The third-order valence-electron chi connectivity index (χ3n) is 3.35. The Morgan fingerprint density at radius 3 is 2.72 bits per heavy atom. The minimum Gasteiger partial charge on any atom is -0.497 e. The zero-order valence-electron chi connectivity index (χ0n) is 10.8. The standard InChI is InChI=1S/C14H20N2O2/c1-18-12-7-5-11(6-8-12)10-16-9-3-2-4-13(15)14(16)17/h5-8,13H,2-4,9-10,15H2,1H3/t13-/m0/s1. The first-order chi connectivity index (χ1) is 8.70. The second-order valence-electron chi connectivity index (χ2n) is 4.71. The first-order valence-electron chi connectivity index (χ1n) is 6.38. The summed E-state index contributed by atoms with van der Waals surface area (Å²) in [5.41, 5.74) is 6.97. The van der Waals surface area contributed by atoms with Gasteiger partial charge < -0.3 is 15.4 Å². The Balaban J connectivity index is 2.04. The Bertz CT molecular complexity index is 403. The van der Waals surface area contributed by atoms with E-state index in [1.54, 1.807) is 7.11 Å². The van der Waals surface area contributed by atoms with Crippen LogP contribution in [0.1, 0.15) is 24.8 Å². The topological polar surface area (TPSA) is 55.6 Å². The van der Waals surface area contributed by atoms with Gasteiger partial charge in [-0.05, 0) is 37.0 Å². The van der Waals surface area contributed by atoms with Crippen molar-refractivity contribution in [2.45, 2.75) is 31.8 Å².